The SMILES string of the molecule is COC(=O)COc1ccc(C(=O)N[C@H](C)[C@@H]2C[C@@H]3CC[C@@H]2C3)cc1OC. The Labute approximate surface area is 154 Å². The predicted octanol–water partition coefficient (Wildman–Crippen LogP) is 2.80. The molecule has 0 unspecified atom stereocenters. The highest BCUT2D eigenvalue weighted by atomic mass is 16.6. The van der Waals surface area contributed by atoms with Gasteiger partial charge in [-0.3, -0.25) is 4.79 Å². The molecule has 2 saturated carbocycles. The molecule has 4 atom stereocenters. The van der Waals surface area contributed by atoms with E-state index in [0.717, 1.165) is 11.8 Å². The van der Waals surface area contributed by atoms with Gasteiger partial charge in [-0.05, 0) is 62.1 Å². The molecular formula is C20H27NO5. The van der Waals surface area contributed by atoms with E-state index in [4.69, 9.17) is 9.47 Å². The second-order valence-corrected chi connectivity index (χ2v) is 7.33. The molecule has 0 radical (unpaired) electrons. The fraction of sp³-hybridized carbons (Fsp3) is 0.600. The van der Waals surface area contributed by atoms with Crippen molar-refractivity contribution in [2.45, 2.75) is 38.6 Å². The fourth-order valence-corrected chi connectivity index (χ4v) is 4.43. The van der Waals surface area contributed by atoms with Gasteiger partial charge < -0.3 is 19.5 Å². The Balaban J connectivity index is 1.62. The molecule has 142 valence electrons. The standard InChI is InChI=1S/C20H27NO5/c1-12(16-9-13-4-5-14(16)8-13)21-20(23)15-6-7-17(18(10-15)24-2)26-11-19(22)25-3/h6-7,10,12-14,16H,4-5,8-9,11H2,1-3H3,(H,21,23)/t12-,13-,14-,16+/m1/s1. The number of esters is 1. The Morgan fingerprint density at radius 1 is 1.19 bits per heavy atom. The zero-order chi connectivity index (χ0) is 18.7. The van der Waals surface area contributed by atoms with Crippen molar-refractivity contribution in [3.63, 3.8) is 0 Å². The van der Waals surface area contributed by atoms with Crippen molar-refractivity contribution >= 4 is 11.9 Å². The van der Waals surface area contributed by atoms with Gasteiger partial charge in [-0.15, -0.1) is 0 Å². The number of carbonyl (C=O) groups excluding carboxylic acids is 2. The molecule has 0 aliphatic heterocycles. The first-order chi connectivity index (χ1) is 12.5. The van der Waals surface area contributed by atoms with Gasteiger partial charge in [0.05, 0.1) is 14.2 Å². The molecule has 0 aromatic heterocycles. The lowest BCUT2D eigenvalue weighted by Gasteiger charge is -2.28. The topological polar surface area (TPSA) is 73.9 Å². The molecular weight excluding hydrogens is 334 g/mol. The maximum absolute atomic E-state index is 12.6. The third-order valence-electron chi connectivity index (χ3n) is 5.79. The van der Waals surface area contributed by atoms with Gasteiger partial charge in [0, 0.05) is 11.6 Å². The van der Waals surface area contributed by atoms with E-state index >= 15 is 0 Å². The summed E-state index contributed by atoms with van der Waals surface area (Å²) in [6.07, 6.45) is 5.21. The minimum absolute atomic E-state index is 0.113. The van der Waals surface area contributed by atoms with Gasteiger partial charge >= 0.3 is 5.97 Å². The number of fused-ring (bicyclic) bond motifs is 2. The summed E-state index contributed by atoms with van der Waals surface area (Å²) in [6, 6.07) is 5.12. The van der Waals surface area contributed by atoms with Crippen LogP contribution in [0.5, 0.6) is 11.5 Å². The van der Waals surface area contributed by atoms with Gasteiger partial charge in [0.1, 0.15) is 0 Å². The Hall–Kier alpha value is -2.24. The Bertz CT molecular complexity index is 674. The number of carbonyl (C=O) groups is 2. The Morgan fingerprint density at radius 3 is 2.62 bits per heavy atom. The third kappa shape index (κ3) is 3.94. The zero-order valence-electron chi connectivity index (χ0n) is 15.6. The van der Waals surface area contributed by atoms with E-state index in [9.17, 15) is 9.59 Å². The molecule has 0 heterocycles. The summed E-state index contributed by atoms with van der Waals surface area (Å²) >= 11 is 0. The minimum atomic E-state index is -0.478. The van der Waals surface area contributed by atoms with Crippen LogP contribution < -0.4 is 14.8 Å². The number of nitrogens with one attached hydrogen (secondary N) is 1. The van der Waals surface area contributed by atoms with Crippen LogP contribution in [0.25, 0.3) is 0 Å². The Morgan fingerprint density at radius 2 is 2.00 bits per heavy atom. The monoisotopic (exact) mass is 361 g/mol. The highest BCUT2D eigenvalue weighted by Crippen LogP contribution is 2.49. The summed E-state index contributed by atoms with van der Waals surface area (Å²) in [4.78, 5) is 23.8. The van der Waals surface area contributed by atoms with Crippen molar-refractivity contribution in [3.8, 4) is 11.5 Å². The zero-order valence-corrected chi connectivity index (χ0v) is 15.6. The first kappa shape index (κ1) is 18.5. The third-order valence-corrected chi connectivity index (χ3v) is 5.79. The van der Waals surface area contributed by atoms with Gasteiger partial charge in [0.2, 0.25) is 0 Å². The van der Waals surface area contributed by atoms with Crippen molar-refractivity contribution in [2.24, 2.45) is 17.8 Å². The molecule has 1 aromatic carbocycles. The van der Waals surface area contributed by atoms with E-state index in [-0.39, 0.29) is 18.6 Å². The molecule has 2 aliphatic carbocycles. The molecule has 0 saturated heterocycles. The second kappa shape index (κ2) is 7.98. The lowest BCUT2D eigenvalue weighted by molar-refractivity contribution is -0.142. The number of hydrogen-bond donors (Lipinski definition) is 1. The van der Waals surface area contributed by atoms with E-state index in [1.807, 2.05) is 0 Å². The largest absolute Gasteiger partial charge is 0.493 e. The smallest absolute Gasteiger partial charge is 0.343 e. The number of hydrogen-bond acceptors (Lipinski definition) is 5. The lowest BCUT2D eigenvalue weighted by atomic mass is 9.84. The van der Waals surface area contributed by atoms with Gasteiger partial charge in [0.25, 0.3) is 5.91 Å². The number of methoxy groups -OCH3 is 2. The van der Waals surface area contributed by atoms with Gasteiger partial charge in [-0.25, -0.2) is 4.79 Å². The van der Waals surface area contributed by atoms with Crippen molar-refractivity contribution in [2.75, 3.05) is 20.8 Å². The average molecular weight is 361 g/mol. The number of benzene rings is 1. The highest BCUT2D eigenvalue weighted by molar-refractivity contribution is 5.95. The average Bonchev–Trinajstić information content (AvgIpc) is 3.29. The molecule has 6 nitrogen and oxygen atoms in total. The van der Waals surface area contributed by atoms with Crippen LogP contribution in [0.15, 0.2) is 18.2 Å². The maximum Gasteiger partial charge on any atom is 0.343 e. The molecule has 1 aromatic rings. The van der Waals surface area contributed by atoms with Crippen molar-refractivity contribution < 1.29 is 23.8 Å². The van der Waals surface area contributed by atoms with Crippen LogP contribution in [0.4, 0.5) is 0 Å². The summed E-state index contributed by atoms with van der Waals surface area (Å²) in [5, 5.41) is 3.14. The van der Waals surface area contributed by atoms with Crippen molar-refractivity contribution in [1.29, 1.82) is 0 Å². The number of rotatable bonds is 7. The molecule has 2 fully saturated rings. The quantitative estimate of drug-likeness (QED) is 0.756. The summed E-state index contributed by atoms with van der Waals surface area (Å²) in [7, 11) is 2.80. The highest BCUT2D eigenvalue weighted by Gasteiger charge is 2.42. The van der Waals surface area contributed by atoms with Crippen LogP contribution in [0, 0.1) is 17.8 Å². The van der Waals surface area contributed by atoms with Gasteiger partial charge in [0.15, 0.2) is 18.1 Å². The molecule has 26 heavy (non-hydrogen) atoms. The molecule has 0 spiro atoms. The summed E-state index contributed by atoms with van der Waals surface area (Å²) in [5.41, 5.74) is 0.516. The van der Waals surface area contributed by atoms with Gasteiger partial charge in [-0.2, -0.15) is 0 Å². The second-order valence-electron chi connectivity index (χ2n) is 7.33. The fourth-order valence-electron chi connectivity index (χ4n) is 4.43. The summed E-state index contributed by atoms with van der Waals surface area (Å²) in [6.45, 7) is 1.90. The lowest BCUT2D eigenvalue weighted by Crippen LogP contribution is -2.40. The van der Waals surface area contributed by atoms with Crippen molar-refractivity contribution in [3.05, 3.63) is 23.8 Å². The van der Waals surface area contributed by atoms with Crippen LogP contribution in [0.3, 0.4) is 0 Å². The summed E-state index contributed by atoms with van der Waals surface area (Å²) in [5.74, 6) is 2.42. The minimum Gasteiger partial charge on any atom is -0.493 e. The van der Waals surface area contributed by atoms with E-state index < -0.39 is 5.97 Å². The van der Waals surface area contributed by atoms with Crippen LogP contribution >= 0.6 is 0 Å². The molecule has 1 amide bonds. The van der Waals surface area contributed by atoms with Crippen LogP contribution in [0.2, 0.25) is 0 Å². The predicted molar refractivity (Wildman–Crippen MR) is 96.4 cm³/mol. The van der Waals surface area contributed by atoms with Gasteiger partial charge in [-0.1, -0.05) is 6.42 Å². The van der Waals surface area contributed by atoms with E-state index in [1.54, 1.807) is 18.2 Å². The number of ether oxygens (including phenoxy) is 3. The normalized spacial score (nSPS) is 24.8. The van der Waals surface area contributed by atoms with E-state index in [0.29, 0.717) is 23.0 Å². The van der Waals surface area contributed by atoms with Crippen LogP contribution in [-0.2, 0) is 9.53 Å². The molecule has 1 N–H and O–H groups in total. The molecule has 2 aliphatic rings. The van der Waals surface area contributed by atoms with E-state index in [2.05, 4.69) is 17.0 Å². The van der Waals surface area contributed by atoms with Crippen molar-refractivity contribution in [1.82, 2.24) is 5.32 Å². The Kier molecular flexibility index (Phi) is 5.69. The molecule has 3 rings (SSSR count). The first-order valence-corrected chi connectivity index (χ1v) is 9.20. The van der Waals surface area contributed by atoms with Crippen LogP contribution in [-0.4, -0.2) is 38.7 Å². The summed E-state index contributed by atoms with van der Waals surface area (Å²) < 4.78 is 15.2. The van der Waals surface area contributed by atoms with Crippen LogP contribution in [0.1, 0.15) is 43.0 Å². The molecule has 2 bridgehead atoms. The van der Waals surface area contributed by atoms with E-state index in [1.165, 1.54) is 39.9 Å². The molecule has 6 heteroatoms. The first-order valence-electron chi connectivity index (χ1n) is 9.20. The number of amides is 1. The maximum atomic E-state index is 12.6.